The van der Waals surface area contributed by atoms with Crippen molar-refractivity contribution in [3.05, 3.63) is 18.4 Å². The van der Waals surface area contributed by atoms with Crippen molar-refractivity contribution in [1.29, 1.82) is 0 Å². The van der Waals surface area contributed by atoms with Gasteiger partial charge in [-0.05, 0) is 6.42 Å². The molecule has 2 rings (SSSR count). The zero-order valence-corrected chi connectivity index (χ0v) is 6.77. The molecule has 2 N–H and O–H groups in total. The van der Waals surface area contributed by atoms with Crippen molar-refractivity contribution in [3.8, 4) is 0 Å². The number of hydrogen-bond donors (Lipinski definition) is 1. The number of ether oxygens (including phenoxy) is 1. The first-order valence-corrected chi connectivity index (χ1v) is 4.09. The zero-order valence-electron chi connectivity index (χ0n) is 6.77. The Morgan fingerprint density at radius 1 is 1.67 bits per heavy atom. The van der Waals surface area contributed by atoms with Gasteiger partial charge in [0.15, 0.2) is 6.39 Å². The molecular formula is C8H12N2O2. The Kier molecular flexibility index (Phi) is 2.10. The fourth-order valence-corrected chi connectivity index (χ4v) is 1.46. The molecule has 1 aromatic rings. The zero-order chi connectivity index (χ0) is 8.39. The molecule has 1 aromatic heterocycles. The third kappa shape index (κ3) is 1.35. The Morgan fingerprint density at radius 3 is 3.17 bits per heavy atom. The second-order valence-electron chi connectivity index (χ2n) is 3.06. The summed E-state index contributed by atoms with van der Waals surface area (Å²) in [7, 11) is 0. The molecule has 12 heavy (non-hydrogen) atoms. The van der Waals surface area contributed by atoms with Crippen LogP contribution in [0.3, 0.4) is 0 Å². The first-order valence-electron chi connectivity index (χ1n) is 4.09. The van der Waals surface area contributed by atoms with E-state index < -0.39 is 0 Å². The number of nitrogens with two attached hydrogens (primary N) is 1. The van der Waals surface area contributed by atoms with Gasteiger partial charge < -0.3 is 14.9 Å². The second kappa shape index (κ2) is 3.25. The summed E-state index contributed by atoms with van der Waals surface area (Å²) in [5.74, 6) is 0.398. The van der Waals surface area contributed by atoms with Crippen molar-refractivity contribution in [1.82, 2.24) is 4.98 Å². The molecule has 1 aliphatic heterocycles. The minimum absolute atomic E-state index is 0.0359. The van der Waals surface area contributed by atoms with Crippen molar-refractivity contribution in [2.45, 2.75) is 12.5 Å². The van der Waals surface area contributed by atoms with Crippen LogP contribution in [0.4, 0.5) is 0 Å². The Balaban J connectivity index is 2.04. The maximum absolute atomic E-state index is 5.94. The molecule has 1 saturated heterocycles. The topological polar surface area (TPSA) is 61.3 Å². The van der Waals surface area contributed by atoms with E-state index in [0.29, 0.717) is 5.92 Å². The van der Waals surface area contributed by atoms with Crippen molar-refractivity contribution >= 4 is 0 Å². The summed E-state index contributed by atoms with van der Waals surface area (Å²) < 4.78 is 10.1. The predicted octanol–water partition coefficient (Wildman–Crippen LogP) is 0.711. The molecule has 0 spiro atoms. The number of nitrogens with zero attached hydrogens (tertiary/aromatic N) is 1. The van der Waals surface area contributed by atoms with E-state index in [9.17, 15) is 0 Å². The van der Waals surface area contributed by atoms with Gasteiger partial charge >= 0.3 is 0 Å². The lowest BCUT2D eigenvalue weighted by molar-refractivity contribution is 0.180. The molecule has 0 bridgehead atoms. The van der Waals surface area contributed by atoms with Crippen LogP contribution in [0.15, 0.2) is 17.1 Å². The summed E-state index contributed by atoms with van der Waals surface area (Å²) in [6.45, 7) is 1.56. The second-order valence-corrected chi connectivity index (χ2v) is 3.06. The van der Waals surface area contributed by atoms with E-state index in [1.165, 1.54) is 6.39 Å². The highest BCUT2D eigenvalue weighted by Gasteiger charge is 2.25. The summed E-state index contributed by atoms with van der Waals surface area (Å²) in [6.07, 6.45) is 4.03. The molecule has 2 atom stereocenters. The van der Waals surface area contributed by atoms with E-state index >= 15 is 0 Å². The van der Waals surface area contributed by atoms with Crippen LogP contribution in [-0.4, -0.2) is 18.2 Å². The molecule has 66 valence electrons. The molecule has 0 amide bonds. The molecule has 1 fully saturated rings. The highest BCUT2D eigenvalue weighted by molar-refractivity contribution is 5.01. The van der Waals surface area contributed by atoms with Crippen LogP contribution < -0.4 is 5.73 Å². The third-order valence-electron chi connectivity index (χ3n) is 2.27. The largest absolute Gasteiger partial charge is 0.451 e. The number of oxazole rings is 1. The van der Waals surface area contributed by atoms with Crippen molar-refractivity contribution in [2.24, 2.45) is 11.7 Å². The van der Waals surface area contributed by atoms with E-state index in [1.807, 2.05) is 0 Å². The van der Waals surface area contributed by atoms with Gasteiger partial charge in [-0.1, -0.05) is 0 Å². The Bertz CT molecular complexity index is 229. The number of hydrogen-bond acceptors (Lipinski definition) is 4. The predicted molar refractivity (Wildman–Crippen MR) is 42.4 cm³/mol. The van der Waals surface area contributed by atoms with E-state index in [-0.39, 0.29) is 6.04 Å². The average Bonchev–Trinajstić information content (AvgIpc) is 2.77. The lowest BCUT2D eigenvalue weighted by atomic mass is 9.98. The summed E-state index contributed by atoms with van der Waals surface area (Å²) >= 11 is 0. The quantitative estimate of drug-likeness (QED) is 0.706. The first kappa shape index (κ1) is 7.76. The van der Waals surface area contributed by atoms with E-state index in [1.54, 1.807) is 6.26 Å². The van der Waals surface area contributed by atoms with E-state index in [4.69, 9.17) is 14.9 Å². The van der Waals surface area contributed by atoms with Crippen LogP contribution >= 0.6 is 0 Å². The van der Waals surface area contributed by atoms with E-state index in [0.717, 1.165) is 25.3 Å². The van der Waals surface area contributed by atoms with Crippen LogP contribution in [0, 0.1) is 5.92 Å². The fourth-order valence-electron chi connectivity index (χ4n) is 1.46. The van der Waals surface area contributed by atoms with Gasteiger partial charge in [0.2, 0.25) is 0 Å². The average molecular weight is 168 g/mol. The minimum Gasteiger partial charge on any atom is -0.451 e. The van der Waals surface area contributed by atoms with Gasteiger partial charge in [-0.2, -0.15) is 0 Å². The van der Waals surface area contributed by atoms with Crippen LogP contribution in [0.25, 0.3) is 0 Å². The van der Waals surface area contributed by atoms with Gasteiger partial charge in [0.25, 0.3) is 0 Å². The van der Waals surface area contributed by atoms with Crippen molar-refractivity contribution in [3.63, 3.8) is 0 Å². The highest BCUT2D eigenvalue weighted by Crippen LogP contribution is 2.25. The molecule has 0 radical (unpaired) electrons. The van der Waals surface area contributed by atoms with Gasteiger partial charge in [-0.15, -0.1) is 0 Å². The molecule has 4 heteroatoms. The first-order chi connectivity index (χ1) is 5.88. The van der Waals surface area contributed by atoms with Gasteiger partial charge in [-0.25, -0.2) is 4.98 Å². The summed E-state index contributed by atoms with van der Waals surface area (Å²) in [4.78, 5) is 4.01. The molecule has 4 nitrogen and oxygen atoms in total. The van der Waals surface area contributed by atoms with Crippen LogP contribution in [0.5, 0.6) is 0 Å². The SMILES string of the molecule is NC(c1cocn1)C1CCOC1. The minimum atomic E-state index is -0.0359. The third-order valence-corrected chi connectivity index (χ3v) is 2.27. The molecule has 2 unspecified atom stereocenters. The molecule has 0 saturated carbocycles. The molecule has 2 heterocycles. The van der Waals surface area contributed by atoms with Crippen molar-refractivity contribution < 1.29 is 9.15 Å². The smallest absolute Gasteiger partial charge is 0.180 e. The standard InChI is InChI=1S/C8H12N2O2/c9-8(6-1-2-11-3-6)7-4-12-5-10-7/h4-6,8H,1-3,9H2. The fraction of sp³-hybridized carbons (Fsp3) is 0.625. The normalized spacial score (nSPS) is 25.9. The van der Waals surface area contributed by atoms with Crippen LogP contribution in [-0.2, 0) is 4.74 Å². The van der Waals surface area contributed by atoms with Crippen LogP contribution in [0.2, 0.25) is 0 Å². The maximum Gasteiger partial charge on any atom is 0.180 e. The molecular weight excluding hydrogens is 156 g/mol. The van der Waals surface area contributed by atoms with E-state index in [2.05, 4.69) is 4.98 Å². The highest BCUT2D eigenvalue weighted by atomic mass is 16.5. The number of rotatable bonds is 2. The monoisotopic (exact) mass is 168 g/mol. The van der Waals surface area contributed by atoms with Crippen molar-refractivity contribution in [2.75, 3.05) is 13.2 Å². The Labute approximate surface area is 70.7 Å². The molecule has 0 aliphatic carbocycles. The van der Waals surface area contributed by atoms with Gasteiger partial charge in [0.1, 0.15) is 6.26 Å². The van der Waals surface area contributed by atoms with Gasteiger partial charge in [0.05, 0.1) is 18.3 Å². The summed E-state index contributed by atoms with van der Waals surface area (Å²) in [5.41, 5.74) is 6.77. The van der Waals surface area contributed by atoms with Gasteiger partial charge in [0, 0.05) is 12.5 Å². The molecule has 1 aliphatic rings. The lowest BCUT2D eigenvalue weighted by Gasteiger charge is -2.13. The number of aromatic nitrogens is 1. The van der Waals surface area contributed by atoms with Crippen LogP contribution in [0.1, 0.15) is 18.2 Å². The maximum atomic E-state index is 5.94. The molecule has 0 aromatic carbocycles. The van der Waals surface area contributed by atoms with Gasteiger partial charge in [-0.3, -0.25) is 0 Å². The Morgan fingerprint density at radius 2 is 2.58 bits per heavy atom. The summed E-state index contributed by atoms with van der Waals surface area (Å²) in [5, 5.41) is 0. The summed E-state index contributed by atoms with van der Waals surface area (Å²) in [6, 6.07) is -0.0359. The lowest BCUT2D eigenvalue weighted by Crippen LogP contribution is -2.21. The Hall–Kier alpha value is -0.870.